The first-order valence-corrected chi connectivity index (χ1v) is 13.5. The van der Waals surface area contributed by atoms with Gasteiger partial charge in [-0.15, -0.1) is 0 Å². The highest BCUT2D eigenvalue weighted by Gasteiger charge is 2.72. The van der Waals surface area contributed by atoms with Crippen LogP contribution in [-0.2, 0) is 23.9 Å². The fourth-order valence-electron chi connectivity index (χ4n) is 6.52. The van der Waals surface area contributed by atoms with E-state index in [1.165, 1.54) is 26.0 Å². The van der Waals surface area contributed by atoms with Gasteiger partial charge in [-0.2, -0.15) is 13.2 Å². The summed E-state index contributed by atoms with van der Waals surface area (Å²) < 4.78 is 42.7. The van der Waals surface area contributed by atoms with E-state index in [0.29, 0.717) is 24.3 Å². The average molecular weight is 605 g/mol. The van der Waals surface area contributed by atoms with Crippen molar-refractivity contribution in [2.45, 2.75) is 43.9 Å². The summed E-state index contributed by atoms with van der Waals surface area (Å²) in [5.41, 5.74) is 2.02. The summed E-state index contributed by atoms with van der Waals surface area (Å²) in [6, 6.07) is 12.6. The molecule has 5 rings (SSSR count). The van der Waals surface area contributed by atoms with Crippen molar-refractivity contribution in [2.24, 2.45) is 11.8 Å². The van der Waals surface area contributed by atoms with Crippen LogP contribution in [0.1, 0.15) is 48.1 Å². The predicted molar refractivity (Wildman–Crippen MR) is 145 cm³/mol. The number of piperidine rings is 1. The number of likely N-dealkylation sites (tertiary alicyclic amines) is 1. The number of carboxylic acids is 1. The Hall–Kier alpha value is -4.26. The number of halogens is 3. The Balaban J connectivity index is 0.000000541. The van der Waals surface area contributed by atoms with Gasteiger partial charge >= 0.3 is 18.1 Å². The third kappa shape index (κ3) is 5.37. The maximum absolute atomic E-state index is 13.4. The van der Waals surface area contributed by atoms with Crippen LogP contribution in [0.25, 0.3) is 11.1 Å². The van der Waals surface area contributed by atoms with Crippen molar-refractivity contribution < 1.29 is 51.7 Å². The second-order valence-corrected chi connectivity index (χ2v) is 10.6. The Morgan fingerprint density at radius 1 is 1.00 bits per heavy atom. The number of rotatable bonds is 5. The summed E-state index contributed by atoms with van der Waals surface area (Å²) >= 11 is 0. The minimum atomic E-state index is -5.08. The number of carbonyl (C=O) groups excluding carboxylic acids is 4. The smallest absolute Gasteiger partial charge is 0.490 e. The second kappa shape index (κ2) is 11.8. The van der Waals surface area contributed by atoms with Gasteiger partial charge in [0.25, 0.3) is 0 Å². The predicted octanol–water partition coefficient (Wildman–Crippen LogP) is 3.88. The van der Waals surface area contributed by atoms with Crippen LogP contribution in [0.3, 0.4) is 0 Å². The molecule has 3 fully saturated rings. The van der Waals surface area contributed by atoms with E-state index in [1.54, 1.807) is 19.2 Å². The molecule has 0 bridgehead atoms. The first-order chi connectivity index (χ1) is 20.2. The second-order valence-electron chi connectivity index (χ2n) is 10.6. The molecule has 3 aliphatic rings. The van der Waals surface area contributed by atoms with Crippen LogP contribution in [0.15, 0.2) is 42.5 Å². The lowest BCUT2D eigenvalue weighted by molar-refractivity contribution is -0.192. The van der Waals surface area contributed by atoms with Gasteiger partial charge in [0, 0.05) is 24.2 Å². The number of imide groups is 1. The summed E-state index contributed by atoms with van der Waals surface area (Å²) in [5.74, 6) is -4.65. The largest absolute Gasteiger partial charge is 0.496 e. The van der Waals surface area contributed by atoms with Crippen LogP contribution in [0, 0.1) is 11.8 Å². The Morgan fingerprint density at radius 3 is 2.16 bits per heavy atom. The molecule has 0 aliphatic carbocycles. The van der Waals surface area contributed by atoms with Gasteiger partial charge in [-0.25, -0.2) is 4.79 Å². The Morgan fingerprint density at radius 2 is 1.63 bits per heavy atom. The number of alkyl halides is 3. The number of fused-ring (bicyclic) bond motifs is 3. The molecular weight excluding hydrogens is 573 g/mol. The SMILES string of the molecule is COC(=O)[C@@]12CCCCN1[C@H](c1ccc(-c3ccc(C(C)=O)cc3)c(OC)c1)[C@@H]1C(=O)N(C)C(=O)[C@@H]12.O=C(O)C(F)(F)F. The first kappa shape index (κ1) is 31.7. The summed E-state index contributed by atoms with van der Waals surface area (Å²) in [6.45, 7) is 2.12. The molecule has 10 nitrogen and oxygen atoms in total. The van der Waals surface area contributed by atoms with E-state index >= 15 is 0 Å². The lowest BCUT2D eigenvalue weighted by atomic mass is 9.75. The molecule has 2 amide bonds. The van der Waals surface area contributed by atoms with E-state index in [2.05, 4.69) is 0 Å². The van der Waals surface area contributed by atoms with Gasteiger partial charge in [0.1, 0.15) is 11.3 Å². The molecule has 1 N–H and O–H groups in total. The summed E-state index contributed by atoms with van der Waals surface area (Å²) in [4.78, 5) is 63.7. The lowest BCUT2D eigenvalue weighted by Gasteiger charge is -2.44. The van der Waals surface area contributed by atoms with Crippen molar-refractivity contribution in [2.75, 3.05) is 27.8 Å². The van der Waals surface area contributed by atoms with Gasteiger partial charge in [0.2, 0.25) is 11.8 Å². The van der Waals surface area contributed by atoms with E-state index in [4.69, 9.17) is 19.4 Å². The Bertz CT molecular complexity index is 1460. The molecule has 13 heteroatoms. The van der Waals surface area contributed by atoms with Crippen molar-refractivity contribution in [3.63, 3.8) is 0 Å². The highest BCUT2D eigenvalue weighted by molar-refractivity contribution is 6.09. The van der Waals surface area contributed by atoms with Gasteiger partial charge in [-0.1, -0.05) is 36.4 Å². The zero-order valence-electron chi connectivity index (χ0n) is 23.9. The van der Waals surface area contributed by atoms with Crippen LogP contribution >= 0.6 is 0 Å². The van der Waals surface area contributed by atoms with E-state index in [-0.39, 0.29) is 17.6 Å². The summed E-state index contributed by atoms with van der Waals surface area (Å²) in [5, 5.41) is 7.12. The number of carbonyl (C=O) groups is 5. The standard InChI is InChI=1S/C28H30N2O6.C2HF3O2/c1-16(31)17-7-9-18(10-8-17)20-12-11-19(15-21(20)35-3)24-22-23(26(33)29(2)25(22)32)28(27(34)36-4)13-5-6-14-30(24)28;3-2(4,5)1(6)7/h7-12,15,22-24H,5-6,13-14H2,1-4H3;(H,6,7)/t22-,23-,24-,28+;/m1./s1. The molecule has 0 radical (unpaired) electrons. The number of benzene rings is 2. The molecule has 4 atom stereocenters. The summed E-state index contributed by atoms with van der Waals surface area (Å²) in [7, 11) is 4.42. The van der Waals surface area contributed by atoms with Crippen molar-refractivity contribution in [1.29, 1.82) is 0 Å². The first-order valence-electron chi connectivity index (χ1n) is 13.5. The lowest BCUT2D eigenvalue weighted by Crippen LogP contribution is -2.59. The highest BCUT2D eigenvalue weighted by Crippen LogP contribution is 2.58. The Kier molecular flexibility index (Phi) is 8.68. The van der Waals surface area contributed by atoms with Crippen LogP contribution in [0.5, 0.6) is 5.75 Å². The molecule has 230 valence electrons. The van der Waals surface area contributed by atoms with E-state index in [1.807, 2.05) is 35.2 Å². The molecule has 2 aromatic rings. The third-order valence-electron chi connectivity index (χ3n) is 8.43. The van der Waals surface area contributed by atoms with Crippen molar-refractivity contribution in [1.82, 2.24) is 9.80 Å². The number of aliphatic carboxylic acids is 1. The fraction of sp³-hybridized carbons (Fsp3) is 0.433. The number of carboxylic acid groups (broad SMARTS) is 1. The van der Waals surface area contributed by atoms with Gasteiger partial charge in [-0.3, -0.25) is 29.0 Å². The zero-order chi connectivity index (χ0) is 31.9. The fourth-order valence-corrected chi connectivity index (χ4v) is 6.52. The highest BCUT2D eigenvalue weighted by atomic mass is 19.4. The molecular formula is C30H31F3N2O8. The number of ether oxygens (including phenoxy) is 2. The number of esters is 1. The molecule has 0 unspecified atom stereocenters. The van der Waals surface area contributed by atoms with E-state index in [0.717, 1.165) is 29.5 Å². The number of Topliss-reactive ketones (excluding diaryl/α,β-unsaturated/α-hetero) is 1. The number of hydrogen-bond donors (Lipinski definition) is 1. The van der Waals surface area contributed by atoms with Gasteiger partial charge in [0.15, 0.2) is 5.78 Å². The molecule has 3 heterocycles. The van der Waals surface area contributed by atoms with Gasteiger partial charge < -0.3 is 14.6 Å². The summed E-state index contributed by atoms with van der Waals surface area (Å²) in [6.07, 6.45) is -2.96. The number of nitrogens with zero attached hydrogens (tertiary/aromatic N) is 2. The maximum atomic E-state index is 13.4. The molecule has 3 aliphatic heterocycles. The van der Waals surface area contributed by atoms with Crippen LogP contribution < -0.4 is 4.74 Å². The zero-order valence-corrected chi connectivity index (χ0v) is 23.9. The maximum Gasteiger partial charge on any atom is 0.490 e. The third-order valence-corrected chi connectivity index (χ3v) is 8.43. The molecule has 43 heavy (non-hydrogen) atoms. The molecule has 0 saturated carbocycles. The van der Waals surface area contributed by atoms with Crippen LogP contribution in [0.4, 0.5) is 13.2 Å². The van der Waals surface area contributed by atoms with Crippen molar-refractivity contribution in [3.8, 4) is 16.9 Å². The minimum Gasteiger partial charge on any atom is -0.496 e. The number of methoxy groups -OCH3 is 2. The van der Waals surface area contributed by atoms with Gasteiger partial charge in [0.05, 0.1) is 26.1 Å². The quantitative estimate of drug-likeness (QED) is 0.307. The van der Waals surface area contributed by atoms with Crippen molar-refractivity contribution in [3.05, 3.63) is 53.6 Å². The normalized spacial score (nSPS) is 24.9. The monoisotopic (exact) mass is 604 g/mol. The van der Waals surface area contributed by atoms with Gasteiger partial charge in [-0.05, 0) is 49.9 Å². The topological polar surface area (TPSA) is 131 Å². The number of ketones is 1. The van der Waals surface area contributed by atoms with Crippen LogP contribution in [-0.4, -0.2) is 84.0 Å². The van der Waals surface area contributed by atoms with E-state index < -0.39 is 41.5 Å². The molecule has 0 spiro atoms. The molecule has 3 saturated heterocycles. The minimum absolute atomic E-state index is 0.00369. The molecule has 2 aromatic carbocycles. The van der Waals surface area contributed by atoms with Crippen molar-refractivity contribution >= 4 is 29.5 Å². The van der Waals surface area contributed by atoms with Crippen LogP contribution in [0.2, 0.25) is 0 Å². The number of amides is 2. The number of hydrogen-bond acceptors (Lipinski definition) is 8. The Labute approximate surface area is 245 Å². The average Bonchev–Trinajstić information content (AvgIpc) is 3.42. The van der Waals surface area contributed by atoms with E-state index in [9.17, 15) is 32.3 Å². The molecule has 0 aromatic heterocycles.